The predicted molar refractivity (Wildman–Crippen MR) is 110 cm³/mol. The Morgan fingerprint density at radius 3 is 2.26 bits per heavy atom. The zero-order valence-corrected chi connectivity index (χ0v) is 17.5. The number of ether oxygens (including phenoxy) is 1. The summed E-state index contributed by atoms with van der Waals surface area (Å²) in [5.41, 5.74) is 1.83. The third-order valence-electron chi connectivity index (χ3n) is 7.01. The molecule has 2 fully saturated rings. The van der Waals surface area contributed by atoms with Crippen LogP contribution in [0.5, 0.6) is 5.75 Å². The van der Waals surface area contributed by atoms with Gasteiger partial charge in [-0.15, -0.1) is 0 Å². The van der Waals surface area contributed by atoms with Crippen molar-refractivity contribution in [3.05, 3.63) is 53.8 Å². The van der Waals surface area contributed by atoms with Crippen LogP contribution in [0.1, 0.15) is 56.9 Å². The Morgan fingerprint density at radius 2 is 1.58 bits per heavy atom. The van der Waals surface area contributed by atoms with Gasteiger partial charge in [0.25, 0.3) is 0 Å². The third kappa shape index (κ3) is 4.88. The molecule has 2 aromatic rings. The van der Waals surface area contributed by atoms with Gasteiger partial charge in [0.2, 0.25) is 0 Å². The zero-order chi connectivity index (χ0) is 22.2. The van der Waals surface area contributed by atoms with E-state index in [1.807, 2.05) is 6.07 Å². The Hall–Kier alpha value is -2.11. The molecule has 2 saturated carbocycles. The van der Waals surface area contributed by atoms with Crippen LogP contribution in [-0.2, 0) is 0 Å². The summed E-state index contributed by atoms with van der Waals surface area (Å²) in [4.78, 5) is 0. The van der Waals surface area contributed by atoms with Crippen molar-refractivity contribution in [1.29, 1.82) is 0 Å². The number of rotatable bonds is 5. The summed E-state index contributed by atoms with van der Waals surface area (Å²) in [6.45, 7) is 2.33. The topological polar surface area (TPSA) is 9.23 Å². The van der Waals surface area contributed by atoms with Crippen LogP contribution in [0.2, 0.25) is 0 Å². The van der Waals surface area contributed by atoms with Crippen molar-refractivity contribution in [2.45, 2.75) is 63.9 Å². The van der Waals surface area contributed by atoms with Gasteiger partial charge in [0.05, 0.1) is 0 Å². The molecule has 0 aliphatic heterocycles. The summed E-state index contributed by atoms with van der Waals surface area (Å²) in [6.07, 6.45) is -1.24. The van der Waals surface area contributed by atoms with E-state index in [4.69, 9.17) is 0 Å². The Kier molecular flexibility index (Phi) is 6.27. The molecule has 0 N–H and O–H groups in total. The first-order chi connectivity index (χ1) is 14.7. The molecule has 4 atom stereocenters. The van der Waals surface area contributed by atoms with Crippen molar-refractivity contribution in [2.75, 3.05) is 0 Å². The fraction of sp³-hybridized carbons (Fsp3) is 0.520. The molecule has 0 heterocycles. The second-order valence-electron chi connectivity index (χ2n) is 9.18. The Labute approximate surface area is 179 Å². The molecule has 0 saturated heterocycles. The molecular formula is C25H27F5O. The molecule has 2 aromatic carbocycles. The SMILES string of the molecule is CC1CC[C@@H]2C[C@H](c3ccc(-c4ccc(OC(F)(F)C(F)F)cc4)c(F)c3)CC[C@@H]2C1. The molecule has 0 aromatic heterocycles. The first-order valence-corrected chi connectivity index (χ1v) is 11.0. The maximum absolute atomic E-state index is 14.9. The minimum absolute atomic E-state index is 0.344. The average molecular weight is 438 g/mol. The Morgan fingerprint density at radius 1 is 0.903 bits per heavy atom. The second-order valence-corrected chi connectivity index (χ2v) is 9.18. The number of benzene rings is 2. The minimum atomic E-state index is -4.57. The maximum Gasteiger partial charge on any atom is 0.461 e. The summed E-state index contributed by atoms with van der Waals surface area (Å²) in [5, 5.41) is 0. The van der Waals surface area contributed by atoms with Gasteiger partial charge in [-0.25, -0.2) is 4.39 Å². The van der Waals surface area contributed by atoms with Gasteiger partial charge < -0.3 is 4.74 Å². The van der Waals surface area contributed by atoms with Crippen LogP contribution in [0.25, 0.3) is 11.1 Å². The average Bonchev–Trinajstić information content (AvgIpc) is 2.73. The largest absolute Gasteiger partial charge is 0.461 e. The molecule has 0 spiro atoms. The van der Waals surface area contributed by atoms with E-state index >= 15 is 0 Å². The maximum atomic E-state index is 14.9. The lowest BCUT2D eigenvalue weighted by atomic mass is 9.64. The van der Waals surface area contributed by atoms with Crippen LogP contribution < -0.4 is 4.74 Å². The number of fused-ring (bicyclic) bond motifs is 1. The van der Waals surface area contributed by atoms with Crippen molar-refractivity contribution in [3.8, 4) is 16.9 Å². The number of halogens is 5. The first kappa shape index (κ1) is 22.1. The highest BCUT2D eigenvalue weighted by atomic mass is 19.3. The molecule has 4 rings (SSSR count). The van der Waals surface area contributed by atoms with Crippen LogP contribution in [0.4, 0.5) is 22.0 Å². The Bertz CT molecular complexity index is 895. The molecule has 2 aliphatic rings. The lowest BCUT2D eigenvalue weighted by molar-refractivity contribution is -0.253. The van der Waals surface area contributed by atoms with E-state index in [9.17, 15) is 22.0 Å². The molecule has 0 bridgehead atoms. The van der Waals surface area contributed by atoms with Gasteiger partial charge in [-0.1, -0.05) is 37.6 Å². The summed E-state index contributed by atoms with van der Waals surface area (Å²) >= 11 is 0. The van der Waals surface area contributed by atoms with E-state index in [0.717, 1.165) is 48.3 Å². The standard InChI is InChI=1S/C25H27F5O/c1-15-2-3-18-13-19(5-4-17(18)12-15)20-8-11-22(23(26)14-20)16-6-9-21(10-7-16)31-25(29,30)24(27)28/h6-11,14-15,17-19,24H,2-5,12-13H2,1H3/t15?,17-,18-,19-/m1/s1. The minimum Gasteiger partial charge on any atom is -0.428 e. The number of hydrogen-bond acceptors (Lipinski definition) is 1. The summed E-state index contributed by atoms with van der Waals surface area (Å²) in [7, 11) is 0. The van der Waals surface area contributed by atoms with Crippen LogP contribution in [0.15, 0.2) is 42.5 Å². The predicted octanol–water partition coefficient (Wildman–Crippen LogP) is 8.05. The summed E-state index contributed by atoms with van der Waals surface area (Å²) in [6, 6.07) is 10.3. The van der Waals surface area contributed by atoms with Gasteiger partial charge in [-0.05, 0) is 85.1 Å². The van der Waals surface area contributed by atoms with Crippen molar-refractivity contribution in [2.24, 2.45) is 17.8 Å². The normalized spacial score (nSPS) is 26.5. The monoisotopic (exact) mass is 438 g/mol. The van der Waals surface area contributed by atoms with E-state index in [0.29, 0.717) is 17.0 Å². The molecule has 31 heavy (non-hydrogen) atoms. The fourth-order valence-electron chi connectivity index (χ4n) is 5.35. The van der Waals surface area contributed by atoms with Crippen molar-refractivity contribution < 1.29 is 26.7 Å². The van der Waals surface area contributed by atoms with Crippen LogP contribution in [-0.4, -0.2) is 12.5 Å². The van der Waals surface area contributed by atoms with E-state index < -0.39 is 18.3 Å². The molecule has 0 amide bonds. The van der Waals surface area contributed by atoms with Gasteiger partial charge >= 0.3 is 12.5 Å². The molecule has 1 nitrogen and oxygen atoms in total. The highest BCUT2D eigenvalue weighted by Gasteiger charge is 2.44. The van der Waals surface area contributed by atoms with E-state index in [1.54, 1.807) is 12.1 Å². The van der Waals surface area contributed by atoms with E-state index in [2.05, 4.69) is 11.7 Å². The summed E-state index contributed by atoms with van der Waals surface area (Å²) < 4.78 is 69.6. The highest BCUT2D eigenvalue weighted by molar-refractivity contribution is 5.65. The first-order valence-electron chi connectivity index (χ1n) is 11.0. The van der Waals surface area contributed by atoms with E-state index in [1.165, 1.54) is 37.8 Å². The number of hydrogen-bond donors (Lipinski definition) is 0. The smallest absolute Gasteiger partial charge is 0.428 e. The third-order valence-corrected chi connectivity index (χ3v) is 7.01. The van der Waals surface area contributed by atoms with Gasteiger partial charge in [0, 0.05) is 5.56 Å². The van der Waals surface area contributed by atoms with Crippen molar-refractivity contribution in [3.63, 3.8) is 0 Å². The van der Waals surface area contributed by atoms with Crippen LogP contribution >= 0.6 is 0 Å². The number of alkyl halides is 4. The van der Waals surface area contributed by atoms with Gasteiger partial charge in [0.1, 0.15) is 11.6 Å². The fourth-order valence-corrected chi connectivity index (χ4v) is 5.35. The van der Waals surface area contributed by atoms with E-state index in [-0.39, 0.29) is 5.82 Å². The zero-order valence-electron chi connectivity index (χ0n) is 17.5. The second kappa shape index (κ2) is 8.79. The highest BCUT2D eigenvalue weighted by Crippen LogP contribution is 2.47. The molecular weight excluding hydrogens is 411 g/mol. The van der Waals surface area contributed by atoms with Crippen molar-refractivity contribution in [1.82, 2.24) is 0 Å². The molecule has 168 valence electrons. The van der Waals surface area contributed by atoms with Gasteiger partial charge in [-0.2, -0.15) is 17.6 Å². The molecule has 6 heteroatoms. The Balaban J connectivity index is 1.45. The molecule has 1 unspecified atom stereocenters. The summed E-state index contributed by atoms with van der Waals surface area (Å²) in [5.74, 6) is 1.95. The lowest BCUT2D eigenvalue weighted by Crippen LogP contribution is -2.33. The van der Waals surface area contributed by atoms with Crippen LogP contribution in [0.3, 0.4) is 0 Å². The quantitative estimate of drug-likeness (QED) is 0.429. The van der Waals surface area contributed by atoms with Crippen molar-refractivity contribution >= 4 is 0 Å². The molecule has 2 aliphatic carbocycles. The lowest BCUT2D eigenvalue weighted by Gasteiger charge is -2.41. The van der Waals surface area contributed by atoms with Gasteiger partial charge in [0.15, 0.2) is 0 Å². The molecule has 0 radical (unpaired) electrons. The van der Waals surface area contributed by atoms with Gasteiger partial charge in [-0.3, -0.25) is 0 Å². The van der Waals surface area contributed by atoms with Crippen LogP contribution in [0, 0.1) is 23.6 Å².